The largest absolute Gasteiger partial charge is 0.306 e. The second kappa shape index (κ2) is 12.7. The van der Waals surface area contributed by atoms with Gasteiger partial charge in [-0.25, -0.2) is 9.97 Å². The predicted octanol–water partition coefficient (Wildman–Crippen LogP) is 4.22. The molecular weight excluding hydrogens is 474 g/mol. The Hall–Kier alpha value is -3.94. The maximum absolute atomic E-state index is 13.0. The number of amides is 2. The Morgan fingerprint density at radius 2 is 1.89 bits per heavy atom. The Kier molecular flexibility index (Phi) is 9.39. The summed E-state index contributed by atoms with van der Waals surface area (Å²) in [4.78, 5) is 41.1. The van der Waals surface area contributed by atoms with Gasteiger partial charge >= 0.3 is 0 Å². The van der Waals surface area contributed by atoms with E-state index < -0.39 is 5.92 Å². The Balaban J connectivity index is 1.79. The smallest absolute Gasteiger partial charge is 0.249 e. The first kappa shape index (κ1) is 26.7. The fourth-order valence-electron chi connectivity index (χ4n) is 3.44. The summed E-state index contributed by atoms with van der Waals surface area (Å²) in [6.07, 6.45) is 11.3. The van der Waals surface area contributed by atoms with Crippen molar-refractivity contribution in [2.75, 3.05) is 31.3 Å². The van der Waals surface area contributed by atoms with Crippen LogP contribution in [0.15, 0.2) is 49.1 Å². The number of carbonyl (C=O) groups is 2. The van der Waals surface area contributed by atoms with Crippen molar-refractivity contribution in [2.45, 2.75) is 32.6 Å². The summed E-state index contributed by atoms with van der Waals surface area (Å²) in [6.45, 7) is 4.60. The van der Waals surface area contributed by atoms with E-state index in [0.717, 1.165) is 16.9 Å². The molecule has 2 N–H and O–H groups in total. The third-order valence-electron chi connectivity index (χ3n) is 5.34. The van der Waals surface area contributed by atoms with E-state index in [-0.39, 0.29) is 23.2 Å². The minimum Gasteiger partial charge on any atom is -0.306 e. The zero-order chi connectivity index (χ0) is 26.1. The van der Waals surface area contributed by atoms with E-state index in [9.17, 15) is 14.9 Å². The third-order valence-corrected chi connectivity index (χ3v) is 6.40. The highest BCUT2D eigenvalue weighted by Crippen LogP contribution is 2.28. The van der Waals surface area contributed by atoms with Crippen LogP contribution in [0.25, 0.3) is 11.1 Å². The molecule has 0 spiro atoms. The number of aromatic nitrogens is 3. The van der Waals surface area contributed by atoms with Crippen LogP contribution >= 0.6 is 11.3 Å². The molecule has 0 aromatic carbocycles. The zero-order valence-corrected chi connectivity index (χ0v) is 21.6. The van der Waals surface area contributed by atoms with E-state index in [1.807, 2.05) is 38.9 Å². The molecule has 3 aromatic heterocycles. The summed E-state index contributed by atoms with van der Waals surface area (Å²) in [6, 6.07) is 5.61. The van der Waals surface area contributed by atoms with Crippen molar-refractivity contribution in [2.24, 2.45) is 0 Å². The number of thiazole rings is 1. The van der Waals surface area contributed by atoms with Crippen LogP contribution < -0.4 is 10.6 Å². The highest BCUT2D eigenvalue weighted by Gasteiger charge is 2.21. The molecular formula is C26H29N7O2S. The zero-order valence-electron chi connectivity index (χ0n) is 20.8. The maximum atomic E-state index is 13.0. The van der Waals surface area contributed by atoms with E-state index in [2.05, 4.69) is 31.7 Å². The van der Waals surface area contributed by atoms with Gasteiger partial charge in [-0.1, -0.05) is 19.9 Å². The van der Waals surface area contributed by atoms with E-state index in [1.54, 1.807) is 36.9 Å². The standard InChI is InChI=1S/C26H29N7O2S/c1-5-21-16-30-26(36-21)32-25(35)22(6-2)20-11-18(13-28-14-20)19-10-17(12-27)24(29-15-19)31-23(34)8-7-9-33(3)4/h7-8,10-11,13-16,22H,5-6,9H2,1-4H3,(H,29,31,34)(H,30,32,35)/b8-7+. The lowest BCUT2D eigenvalue weighted by Crippen LogP contribution is -2.20. The fraction of sp³-hybridized carbons (Fsp3) is 0.308. The lowest BCUT2D eigenvalue weighted by atomic mass is 9.94. The number of hydrogen-bond donors (Lipinski definition) is 2. The molecule has 3 heterocycles. The number of rotatable bonds is 10. The lowest BCUT2D eigenvalue weighted by Gasteiger charge is -2.15. The molecule has 10 heteroatoms. The maximum Gasteiger partial charge on any atom is 0.249 e. The molecule has 1 atom stereocenters. The average molecular weight is 504 g/mol. The van der Waals surface area contributed by atoms with Gasteiger partial charge in [0.1, 0.15) is 6.07 Å². The molecule has 186 valence electrons. The number of nitrogens with zero attached hydrogens (tertiary/aromatic N) is 5. The van der Waals surface area contributed by atoms with Gasteiger partial charge in [-0.2, -0.15) is 5.26 Å². The molecule has 36 heavy (non-hydrogen) atoms. The third kappa shape index (κ3) is 7.04. The highest BCUT2D eigenvalue weighted by molar-refractivity contribution is 7.15. The van der Waals surface area contributed by atoms with Gasteiger partial charge in [0.05, 0.1) is 11.5 Å². The molecule has 0 saturated heterocycles. The minimum atomic E-state index is -0.415. The van der Waals surface area contributed by atoms with E-state index >= 15 is 0 Å². The van der Waals surface area contributed by atoms with Gasteiger partial charge in [0.2, 0.25) is 11.8 Å². The lowest BCUT2D eigenvalue weighted by molar-refractivity contribution is -0.117. The Morgan fingerprint density at radius 3 is 2.56 bits per heavy atom. The number of likely N-dealkylation sites (N-methyl/N-ethyl adjacent to an activating group) is 1. The summed E-state index contributed by atoms with van der Waals surface area (Å²) < 4.78 is 0. The Labute approximate surface area is 214 Å². The second-order valence-electron chi connectivity index (χ2n) is 8.33. The first-order valence-corrected chi connectivity index (χ1v) is 12.4. The molecule has 9 nitrogen and oxygen atoms in total. The van der Waals surface area contributed by atoms with E-state index in [1.165, 1.54) is 17.4 Å². The van der Waals surface area contributed by atoms with Gasteiger partial charge in [0.25, 0.3) is 0 Å². The number of anilines is 2. The van der Waals surface area contributed by atoms with Crippen LogP contribution in [-0.4, -0.2) is 52.3 Å². The first-order chi connectivity index (χ1) is 17.3. The number of pyridine rings is 2. The molecule has 0 fully saturated rings. The van der Waals surface area contributed by atoms with Gasteiger partial charge in [0, 0.05) is 53.4 Å². The summed E-state index contributed by atoms with van der Waals surface area (Å²) in [5, 5.41) is 15.8. The van der Waals surface area contributed by atoms with Crippen molar-refractivity contribution in [1.82, 2.24) is 19.9 Å². The van der Waals surface area contributed by atoms with Crippen molar-refractivity contribution in [3.05, 3.63) is 65.1 Å². The van der Waals surface area contributed by atoms with Crippen molar-refractivity contribution in [3.63, 3.8) is 0 Å². The average Bonchev–Trinajstić information content (AvgIpc) is 3.32. The quantitative estimate of drug-likeness (QED) is 0.397. The fourth-order valence-corrected chi connectivity index (χ4v) is 4.19. The monoisotopic (exact) mass is 503 g/mol. The molecule has 0 saturated carbocycles. The van der Waals surface area contributed by atoms with Crippen molar-refractivity contribution < 1.29 is 9.59 Å². The number of nitrogens with one attached hydrogen (secondary N) is 2. The molecule has 0 aliphatic carbocycles. The topological polar surface area (TPSA) is 124 Å². The SMILES string of the molecule is CCc1cnc(NC(=O)C(CC)c2cncc(-c3cnc(NC(=O)/C=C/CN(C)C)c(C#N)c3)c2)s1. The predicted molar refractivity (Wildman–Crippen MR) is 142 cm³/mol. The van der Waals surface area contributed by atoms with Gasteiger partial charge in [-0.3, -0.25) is 14.6 Å². The Morgan fingerprint density at radius 1 is 1.11 bits per heavy atom. The molecule has 2 amide bonds. The van der Waals surface area contributed by atoms with Crippen molar-refractivity contribution >= 4 is 34.1 Å². The number of carbonyl (C=O) groups excluding carboxylic acids is 2. The van der Waals surface area contributed by atoms with Crippen LogP contribution in [0.2, 0.25) is 0 Å². The number of nitriles is 1. The molecule has 3 rings (SSSR count). The van der Waals surface area contributed by atoms with Crippen LogP contribution in [0.5, 0.6) is 0 Å². The molecule has 0 aliphatic rings. The first-order valence-electron chi connectivity index (χ1n) is 11.6. The van der Waals surface area contributed by atoms with E-state index in [4.69, 9.17) is 0 Å². The number of hydrogen-bond acceptors (Lipinski definition) is 8. The van der Waals surface area contributed by atoms with Crippen LogP contribution in [0.4, 0.5) is 10.9 Å². The molecule has 0 aliphatic heterocycles. The van der Waals surface area contributed by atoms with Crippen LogP contribution in [-0.2, 0) is 16.0 Å². The van der Waals surface area contributed by atoms with Crippen LogP contribution in [0.3, 0.4) is 0 Å². The second-order valence-corrected chi connectivity index (χ2v) is 9.44. The van der Waals surface area contributed by atoms with Gasteiger partial charge in [-0.05, 0) is 44.6 Å². The molecule has 1 unspecified atom stereocenters. The summed E-state index contributed by atoms with van der Waals surface area (Å²) in [7, 11) is 3.80. The number of aryl methyl sites for hydroxylation is 1. The van der Waals surface area contributed by atoms with Crippen molar-refractivity contribution in [3.8, 4) is 17.2 Å². The van der Waals surface area contributed by atoms with Crippen LogP contribution in [0, 0.1) is 11.3 Å². The summed E-state index contributed by atoms with van der Waals surface area (Å²) >= 11 is 1.47. The normalized spacial score (nSPS) is 11.9. The summed E-state index contributed by atoms with van der Waals surface area (Å²) in [5.41, 5.74) is 2.35. The van der Waals surface area contributed by atoms with Gasteiger partial charge in [-0.15, -0.1) is 11.3 Å². The molecule has 0 bridgehead atoms. The van der Waals surface area contributed by atoms with Gasteiger partial charge < -0.3 is 15.5 Å². The minimum absolute atomic E-state index is 0.148. The van der Waals surface area contributed by atoms with E-state index in [0.29, 0.717) is 29.2 Å². The van der Waals surface area contributed by atoms with Crippen molar-refractivity contribution in [1.29, 1.82) is 5.26 Å². The summed E-state index contributed by atoms with van der Waals surface area (Å²) in [5.74, 6) is -0.738. The molecule has 0 radical (unpaired) electrons. The Bertz CT molecular complexity index is 1290. The molecule has 3 aromatic rings. The van der Waals surface area contributed by atoms with Crippen LogP contribution in [0.1, 0.15) is 42.2 Å². The van der Waals surface area contributed by atoms with Gasteiger partial charge in [0.15, 0.2) is 10.9 Å². The highest BCUT2D eigenvalue weighted by atomic mass is 32.1.